The van der Waals surface area contributed by atoms with E-state index in [-0.39, 0.29) is 17.9 Å². The molecule has 1 fully saturated rings. The minimum atomic E-state index is -0.921. The lowest BCUT2D eigenvalue weighted by Gasteiger charge is -2.26. The van der Waals surface area contributed by atoms with Crippen molar-refractivity contribution in [3.05, 3.63) is 89.4 Å². The molecule has 9 nitrogen and oxygen atoms in total. The molecule has 1 unspecified atom stereocenters. The summed E-state index contributed by atoms with van der Waals surface area (Å²) < 4.78 is 16.5. The number of ether oxygens (including phenoxy) is 3. The van der Waals surface area contributed by atoms with Crippen LogP contribution in [0.5, 0.6) is 17.2 Å². The largest absolute Gasteiger partial charge is 0.507 e. The minimum Gasteiger partial charge on any atom is -0.507 e. The summed E-state index contributed by atoms with van der Waals surface area (Å²) in [5, 5.41) is 12.3. The maximum atomic E-state index is 13.5. The number of fused-ring (bicyclic) bond motifs is 1. The second-order valence-corrected chi connectivity index (χ2v) is 8.49. The Morgan fingerprint density at radius 2 is 1.68 bits per heavy atom. The van der Waals surface area contributed by atoms with E-state index >= 15 is 0 Å². The lowest BCUT2D eigenvalue weighted by molar-refractivity contribution is -0.140. The van der Waals surface area contributed by atoms with Gasteiger partial charge in [-0.2, -0.15) is 0 Å². The number of carbonyl (C=O) groups excluding carboxylic acids is 2. The zero-order chi connectivity index (χ0) is 26.1. The van der Waals surface area contributed by atoms with Crippen molar-refractivity contribution in [1.82, 2.24) is 14.9 Å². The highest BCUT2D eigenvalue weighted by Crippen LogP contribution is 2.46. The highest BCUT2D eigenvalue weighted by Gasteiger charge is 2.46. The van der Waals surface area contributed by atoms with Gasteiger partial charge >= 0.3 is 0 Å². The quantitative estimate of drug-likeness (QED) is 0.222. The fourth-order valence-corrected chi connectivity index (χ4v) is 4.75. The van der Waals surface area contributed by atoms with E-state index in [0.717, 1.165) is 16.5 Å². The lowest BCUT2D eigenvalue weighted by Crippen LogP contribution is -2.29. The van der Waals surface area contributed by atoms with Gasteiger partial charge in [0, 0.05) is 41.6 Å². The average Bonchev–Trinajstić information content (AvgIpc) is 3.47. The number of nitrogens with zero attached hydrogens (tertiary/aromatic N) is 2. The van der Waals surface area contributed by atoms with Crippen molar-refractivity contribution in [3.63, 3.8) is 0 Å². The molecular weight excluding hydrogens is 474 g/mol. The number of likely N-dealkylation sites (tertiary alicyclic amines) is 1. The third-order valence-corrected chi connectivity index (χ3v) is 6.49. The van der Waals surface area contributed by atoms with Gasteiger partial charge in [-0.05, 0) is 41.5 Å². The van der Waals surface area contributed by atoms with E-state index in [1.165, 1.54) is 26.2 Å². The van der Waals surface area contributed by atoms with Crippen molar-refractivity contribution < 1.29 is 28.9 Å². The van der Waals surface area contributed by atoms with E-state index in [9.17, 15) is 14.7 Å². The van der Waals surface area contributed by atoms with Gasteiger partial charge in [0.25, 0.3) is 11.7 Å². The molecule has 4 aromatic rings. The van der Waals surface area contributed by atoms with Gasteiger partial charge in [-0.3, -0.25) is 14.6 Å². The van der Waals surface area contributed by atoms with Crippen molar-refractivity contribution in [2.75, 3.05) is 21.3 Å². The highest BCUT2D eigenvalue weighted by molar-refractivity contribution is 6.46. The van der Waals surface area contributed by atoms with Crippen LogP contribution in [0.1, 0.15) is 22.7 Å². The summed E-state index contributed by atoms with van der Waals surface area (Å²) >= 11 is 0. The van der Waals surface area contributed by atoms with Crippen molar-refractivity contribution in [2.45, 2.75) is 12.6 Å². The molecule has 1 aliphatic heterocycles. The normalized spacial score (nSPS) is 16.8. The Bertz CT molecular complexity index is 1500. The van der Waals surface area contributed by atoms with E-state index in [1.54, 1.807) is 42.9 Å². The van der Waals surface area contributed by atoms with Crippen LogP contribution < -0.4 is 14.2 Å². The molecule has 0 radical (unpaired) electrons. The van der Waals surface area contributed by atoms with Gasteiger partial charge in [-0.25, -0.2) is 0 Å². The third-order valence-electron chi connectivity index (χ3n) is 6.49. The Hall–Kier alpha value is -4.79. The van der Waals surface area contributed by atoms with Crippen LogP contribution in [-0.4, -0.2) is 53.0 Å². The SMILES string of the molecule is COc1cc(C2/C(=C(/O)c3c[nH]c4ccccc34)C(=O)C(=O)N2Cc2ccncc2)cc(OC)c1OC. The van der Waals surface area contributed by atoms with Crippen LogP contribution in [0.3, 0.4) is 0 Å². The molecule has 37 heavy (non-hydrogen) atoms. The number of amides is 1. The maximum Gasteiger partial charge on any atom is 0.295 e. The molecule has 2 aromatic carbocycles. The number of hydrogen-bond donors (Lipinski definition) is 2. The fraction of sp³-hybridized carbons (Fsp3) is 0.179. The van der Waals surface area contributed by atoms with Crippen molar-refractivity contribution in [1.29, 1.82) is 0 Å². The molecule has 1 aliphatic rings. The number of aromatic amines is 1. The first kappa shape index (κ1) is 23.9. The molecule has 0 aliphatic carbocycles. The molecule has 188 valence electrons. The zero-order valence-electron chi connectivity index (χ0n) is 20.5. The summed E-state index contributed by atoms with van der Waals surface area (Å²) in [6, 6.07) is 13.4. The predicted molar refractivity (Wildman–Crippen MR) is 136 cm³/mol. The van der Waals surface area contributed by atoms with E-state index in [2.05, 4.69) is 9.97 Å². The van der Waals surface area contributed by atoms with E-state index < -0.39 is 17.7 Å². The number of methoxy groups -OCH3 is 3. The Labute approximate surface area is 212 Å². The number of aliphatic hydroxyl groups excluding tert-OH is 1. The number of carbonyl (C=O) groups is 2. The monoisotopic (exact) mass is 499 g/mol. The summed E-state index contributed by atoms with van der Waals surface area (Å²) in [4.78, 5) is 35.4. The first-order chi connectivity index (χ1) is 18.0. The zero-order valence-corrected chi connectivity index (χ0v) is 20.5. The number of hydrogen-bond acceptors (Lipinski definition) is 7. The topological polar surface area (TPSA) is 114 Å². The van der Waals surface area contributed by atoms with Gasteiger partial charge < -0.3 is 29.2 Å². The molecule has 1 saturated heterocycles. The summed E-state index contributed by atoms with van der Waals surface area (Å²) in [6.45, 7) is 0.124. The van der Waals surface area contributed by atoms with E-state index in [4.69, 9.17) is 14.2 Å². The number of benzene rings is 2. The minimum absolute atomic E-state index is 0.0296. The van der Waals surface area contributed by atoms with Crippen LogP contribution >= 0.6 is 0 Å². The van der Waals surface area contributed by atoms with Crippen molar-refractivity contribution in [3.8, 4) is 17.2 Å². The third kappa shape index (κ3) is 4.04. The molecule has 2 N–H and O–H groups in total. The molecule has 9 heteroatoms. The number of aromatic nitrogens is 2. The van der Waals surface area contributed by atoms with E-state index in [0.29, 0.717) is 28.4 Å². The molecule has 1 atom stereocenters. The molecule has 0 bridgehead atoms. The predicted octanol–water partition coefficient (Wildman–Crippen LogP) is 4.21. The van der Waals surface area contributed by atoms with Crippen LogP contribution in [0, 0.1) is 0 Å². The standard InChI is InChI=1S/C28H25N3O6/c1-35-21-12-17(13-22(36-2)27(21)37-3)24-23(25(32)19-14-30-20-7-5-4-6-18(19)20)26(33)28(34)31(24)15-16-8-10-29-11-9-16/h4-14,24,30,32H,15H2,1-3H3/b25-23-. The van der Waals surface area contributed by atoms with Gasteiger partial charge in [-0.1, -0.05) is 18.2 Å². The average molecular weight is 500 g/mol. The van der Waals surface area contributed by atoms with Gasteiger partial charge in [0.2, 0.25) is 5.75 Å². The van der Waals surface area contributed by atoms with Gasteiger partial charge in [0.15, 0.2) is 11.5 Å². The number of Topliss-reactive ketones (excluding diaryl/α,β-unsaturated/α-hetero) is 1. The van der Waals surface area contributed by atoms with E-state index in [1.807, 2.05) is 24.3 Å². The Kier molecular flexibility index (Phi) is 6.27. The molecule has 1 amide bonds. The molecular formula is C28H25N3O6. The number of nitrogens with one attached hydrogen (secondary N) is 1. The summed E-state index contributed by atoms with van der Waals surface area (Å²) in [5.41, 5.74) is 2.48. The molecule has 5 rings (SSSR count). The summed E-state index contributed by atoms with van der Waals surface area (Å²) in [5.74, 6) is -0.687. The van der Waals surface area contributed by atoms with Crippen LogP contribution in [0.15, 0.2) is 72.7 Å². The Balaban J connectivity index is 1.74. The van der Waals surface area contributed by atoms with Crippen molar-refractivity contribution in [2.24, 2.45) is 0 Å². The molecule has 2 aromatic heterocycles. The second-order valence-electron chi connectivity index (χ2n) is 8.49. The number of para-hydroxylation sites is 1. The lowest BCUT2D eigenvalue weighted by atomic mass is 9.94. The number of ketones is 1. The van der Waals surface area contributed by atoms with Crippen LogP contribution in [0.25, 0.3) is 16.7 Å². The summed E-state index contributed by atoms with van der Waals surface area (Å²) in [7, 11) is 4.47. The van der Waals surface area contributed by atoms with Crippen LogP contribution in [0.4, 0.5) is 0 Å². The number of H-pyrrole nitrogens is 1. The summed E-state index contributed by atoms with van der Waals surface area (Å²) in [6.07, 6.45) is 4.86. The fourth-order valence-electron chi connectivity index (χ4n) is 4.75. The van der Waals surface area contributed by atoms with Gasteiger partial charge in [0.1, 0.15) is 5.76 Å². The van der Waals surface area contributed by atoms with Crippen LogP contribution in [-0.2, 0) is 16.1 Å². The number of rotatable bonds is 7. The molecule has 3 heterocycles. The number of aliphatic hydroxyl groups is 1. The van der Waals surface area contributed by atoms with Gasteiger partial charge in [0.05, 0.1) is 32.9 Å². The highest BCUT2D eigenvalue weighted by atomic mass is 16.5. The molecule has 0 saturated carbocycles. The smallest absolute Gasteiger partial charge is 0.295 e. The first-order valence-corrected chi connectivity index (χ1v) is 11.5. The molecule has 0 spiro atoms. The van der Waals surface area contributed by atoms with Crippen molar-refractivity contribution >= 4 is 28.4 Å². The van der Waals surface area contributed by atoms with Crippen LogP contribution in [0.2, 0.25) is 0 Å². The Morgan fingerprint density at radius 1 is 1.00 bits per heavy atom. The second kappa shape index (κ2) is 9.69. The Morgan fingerprint density at radius 3 is 2.32 bits per heavy atom. The first-order valence-electron chi connectivity index (χ1n) is 11.5. The maximum absolute atomic E-state index is 13.5. The number of pyridine rings is 1. The van der Waals surface area contributed by atoms with Gasteiger partial charge in [-0.15, -0.1) is 0 Å².